The number of nitrogens with zero attached hydrogens (tertiary/aromatic N) is 3. The fraction of sp³-hybridized carbons (Fsp3) is 0.0909. The molecule has 0 spiro atoms. The number of hydrogen-bond acceptors (Lipinski definition) is 6. The van der Waals surface area contributed by atoms with Crippen LogP contribution in [0, 0.1) is 10.1 Å². The lowest BCUT2D eigenvalue weighted by molar-refractivity contribution is -0.384. The standard InChI is InChI=1S/C22H15BrClN3O4S/c1-2-26-21(28)20(32-22(26)25-14-5-9-17(23)18(24)11-14)12-16-8-10-19(31-16)13-3-6-15(7-4-13)27(29)30/h3-12H,2H2,1H3/b20-12+,25-22?. The van der Waals surface area contributed by atoms with Gasteiger partial charge in [-0.3, -0.25) is 19.8 Å². The predicted molar refractivity (Wildman–Crippen MR) is 130 cm³/mol. The first kappa shape index (κ1) is 22.3. The Kier molecular flexibility index (Phi) is 6.50. The molecule has 1 aromatic heterocycles. The summed E-state index contributed by atoms with van der Waals surface area (Å²) in [5, 5.41) is 11.9. The number of hydrogen-bond donors (Lipinski definition) is 0. The van der Waals surface area contributed by atoms with E-state index in [0.29, 0.717) is 44.4 Å². The maximum atomic E-state index is 12.9. The van der Waals surface area contributed by atoms with E-state index in [2.05, 4.69) is 20.9 Å². The lowest BCUT2D eigenvalue weighted by Gasteiger charge is -2.12. The third-order valence-electron chi connectivity index (χ3n) is 4.60. The van der Waals surface area contributed by atoms with Crippen LogP contribution in [0.1, 0.15) is 12.7 Å². The van der Waals surface area contributed by atoms with Crippen LogP contribution in [0.4, 0.5) is 11.4 Å². The monoisotopic (exact) mass is 531 g/mol. The van der Waals surface area contributed by atoms with Gasteiger partial charge in [0.2, 0.25) is 0 Å². The van der Waals surface area contributed by atoms with E-state index in [1.54, 1.807) is 47.4 Å². The van der Waals surface area contributed by atoms with Crippen molar-refractivity contribution in [3.63, 3.8) is 0 Å². The number of carbonyl (C=O) groups is 1. The van der Waals surface area contributed by atoms with E-state index in [4.69, 9.17) is 16.0 Å². The summed E-state index contributed by atoms with van der Waals surface area (Å²) in [4.78, 5) is 29.9. The summed E-state index contributed by atoms with van der Waals surface area (Å²) >= 11 is 10.8. The maximum absolute atomic E-state index is 12.9. The predicted octanol–water partition coefficient (Wildman–Crippen LogP) is 6.89. The van der Waals surface area contributed by atoms with E-state index >= 15 is 0 Å². The number of carbonyl (C=O) groups excluding carboxylic acids is 1. The third kappa shape index (κ3) is 4.64. The Balaban J connectivity index is 1.59. The number of amidine groups is 1. The van der Waals surface area contributed by atoms with Crippen LogP contribution in [0.25, 0.3) is 17.4 Å². The summed E-state index contributed by atoms with van der Waals surface area (Å²) in [5.74, 6) is 0.888. The largest absolute Gasteiger partial charge is 0.457 e. The van der Waals surface area contributed by atoms with Gasteiger partial charge in [0.25, 0.3) is 11.6 Å². The molecule has 0 radical (unpaired) electrons. The quantitative estimate of drug-likeness (QED) is 0.203. The highest BCUT2D eigenvalue weighted by molar-refractivity contribution is 9.10. The molecule has 1 amide bonds. The summed E-state index contributed by atoms with van der Waals surface area (Å²) in [7, 11) is 0. The third-order valence-corrected chi connectivity index (χ3v) is 6.83. The molecule has 3 aromatic rings. The van der Waals surface area contributed by atoms with Crippen molar-refractivity contribution in [1.29, 1.82) is 0 Å². The zero-order valence-corrected chi connectivity index (χ0v) is 19.8. The summed E-state index contributed by atoms with van der Waals surface area (Å²) < 4.78 is 6.61. The van der Waals surface area contributed by atoms with Crippen molar-refractivity contribution in [3.05, 3.63) is 84.9 Å². The van der Waals surface area contributed by atoms with E-state index in [-0.39, 0.29) is 11.6 Å². The zero-order valence-electron chi connectivity index (χ0n) is 16.6. The topological polar surface area (TPSA) is 89.0 Å². The number of rotatable bonds is 5. The van der Waals surface area contributed by atoms with Crippen LogP contribution in [0.15, 0.2) is 73.4 Å². The molecule has 0 N–H and O–H groups in total. The van der Waals surface area contributed by atoms with Crippen molar-refractivity contribution in [3.8, 4) is 11.3 Å². The van der Waals surface area contributed by atoms with E-state index in [0.717, 1.165) is 4.47 Å². The van der Waals surface area contributed by atoms with Crippen LogP contribution in [0.3, 0.4) is 0 Å². The highest BCUT2D eigenvalue weighted by Gasteiger charge is 2.32. The number of aliphatic imine (C=N–C) groups is 1. The average Bonchev–Trinajstić information content (AvgIpc) is 3.35. The molecule has 2 heterocycles. The van der Waals surface area contributed by atoms with Gasteiger partial charge in [0, 0.05) is 34.8 Å². The van der Waals surface area contributed by atoms with E-state index < -0.39 is 4.92 Å². The molecule has 1 aliphatic heterocycles. The molecule has 4 rings (SSSR count). The fourth-order valence-corrected chi connectivity index (χ4v) is 4.46. The second-order valence-electron chi connectivity index (χ2n) is 6.66. The Bertz CT molecular complexity index is 1270. The Morgan fingerprint density at radius 2 is 1.97 bits per heavy atom. The van der Waals surface area contributed by atoms with Gasteiger partial charge in [0.1, 0.15) is 11.5 Å². The van der Waals surface area contributed by atoms with Gasteiger partial charge in [-0.1, -0.05) is 11.6 Å². The van der Waals surface area contributed by atoms with Crippen LogP contribution in [0.2, 0.25) is 5.02 Å². The Labute approximate surface area is 201 Å². The zero-order chi connectivity index (χ0) is 22.8. The van der Waals surface area contributed by atoms with E-state index in [1.165, 1.54) is 23.9 Å². The van der Waals surface area contributed by atoms with Crippen LogP contribution >= 0.6 is 39.3 Å². The van der Waals surface area contributed by atoms with Crippen LogP contribution in [-0.4, -0.2) is 27.4 Å². The average molecular weight is 533 g/mol. The molecule has 0 saturated carbocycles. The van der Waals surface area contributed by atoms with Gasteiger partial charge in [-0.15, -0.1) is 0 Å². The number of halogens is 2. The molecule has 0 bridgehead atoms. The van der Waals surface area contributed by atoms with E-state index in [1.807, 2.05) is 13.0 Å². The molecule has 10 heteroatoms. The van der Waals surface area contributed by atoms with Crippen molar-refractivity contribution in [1.82, 2.24) is 4.90 Å². The van der Waals surface area contributed by atoms with Crippen molar-refractivity contribution in [2.45, 2.75) is 6.92 Å². The number of nitro benzene ring substituents is 1. The minimum Gasteiger partial charge on any atom is -0.457 e. The first-order valence-electron chi connectivity index (χ1n) is 9.45. The first-order valence-corrected chi connectivity index (χ1v) is 11.4. The number of amides is 1. The summed E-state index contributed by atoms with van der Waals surface area (Å²) in [5.41, 5.74) is 1.36. The SMILES string of the molecule is CCN1C(=O)/C(=C\c2ccc(-c3ccc([N+](=O)[O-])cc3)o2)SC1=Nc1ccc(Br)c(Cl)c1. The van der Waals surface area contributed by atoms with Gasteiger partial charge in [0.05, 0.1) is 20.5 Å². The highest BCUT2D eigenvalue weighted by atomic mass is 79.9. The fourth-order valence-electron chi connectivity index (χ4n) is 3.00. The smallest absolute Gasteiger partial charge is 0.269 e. The van der Waals surface area contributed by atoms with Crippen molar-refractivity contribution in [2.24, 2.45) is 4.99 Å². The molecule has 0 unspecified atom stereocenters. The second kappa shape index (κ2) is 9.32. The number of likely N-dealkylation sites (N-methyl/N-ethyl adjacent to an activating group) is 1. The molecule has 1 aliphatic rings. The molecule has 0 aliphatic carbocycles. The van der Waals surface area contributed by atoms with Crippen molar-refractivity contribution >= 4 is 67.8 Å². The number of benzene rings is 2. The lowest BCUT2D eigenvalue weighted by atomic mass is 10.1. The number of thioether (sulfide) groups is 1. The van der Waals surface area contributed by atoms with Crippen molar-refractivity contribution < 1.29 is 14.1 Å². The minimum absolute atomic E-state index is 0.00846. The first-order chi connectivity index (χ1) is 15.4. The highest BCUT2D eigenvalue weighted by Crippen LogP contribution is 2.36. The second-order valence-corrected chi connectivity index (χ2v) is 8.93. The molecule has 162 valence electrons. The van der Waals surface area contributed by atoms with Gasteiger partial charge in [-0.25, -0.2) is 4.99 Å². The number of furan rings is 1. The minimum atomic E-state index is -0.453. The molecule has 1 saturated heterocycles. The summed E-state index contributed by atoms with van der Waals surface area (Å²) in [6.07, 6.45) is 1.67. The van der Waals surface area contributed by atoms with E-state index in [9.17, 15) is 14.9 Å². The molecular weight excluding hydrogens is 518 g/mol. The van der Waals surface area contributed by atoms with Crippen LogP contribution in [0.5, 0.6) is 0 Å². The van der Waals surface area contributed by atoms with Gasteiger partial charge < -0.3 is 4.42 Å². The molecule has 0 atom stereocenters. The molecule has 32 heavy (non-hydrogen) atoms. The van der Waals surface area contributed by atoms with Crippen molar-refractivity contribution in [2.75, 3.05) is 6.54 Å². The Hall–Kier alpha value is -2.88. The van der Waals surface area contributed by atoms with Gasteiger partial charge in [-0.05, 0) is 77.1 Å². The normalized spacial score (nSPS) is 16.3. The molecule has 7 nitrogen and oxygen atoms in total. The lowest BCUT2D eigenvalue weighted by Crippen LogP contribution is -2.28. The Morgan fingerprint density at radius 3 is 2.62 bits per heavy atom. The maximum Gasteiger partial charge on any atom is 0.269 e. The molecular formula is C22H15BrClN3O4S. The molecule has 2 aromatic carbocycles. The number of nitro groups is 1. The van der Waals surface area contributed by atoms with Crippen LogP contribution in [-0.2, 0) is 4.79 Å². The van der Waals surface area contributed by atoms with Gasteiger partial charge in [0.15, 0.2) is 5.17 Å². The molecule has 1 fully saturated rings. The number of non-ortho nitro benzene ring substituents is 1. The summed E-state index contributed by atoms with van der Waals surface area (Å²) in [6, 6.07) is 14.9. The Morgan fingerprint density at radius 1 is 1.22 bits per heavy atom. The summed E-state index contributed by atoms with van der Waals surface area (Å²) in [6.45, 7) is 2.35. The van der Waals surface area contributed by atoms with Gasteiger partial charge in [-0.2, -0.15) is 0 Å². The van der Waals surface area contributed by atoms with Crippen LogP contribution < -0.4 is 0 Å². The van der Waals surface area contributed by atoms with Gasteiger partial charge >= 0.3 is 0 Å².